The second-order valence-electron chi connectivity index (χ2n) is 10.0. The lowest BCUT2D eigenvalue weighted by Crippen LogP contribution is -2.44. The van der Waals surface area contributed by atoms with Crippen molar-refractivity contribution in [2.45, 2.75) is 52.1 Å². The first-order valence-corrected chi connectivity index (χ1v) is 13.8. The minimum atomic E-state index is -4.76. The van der Waals surface area contributed by atoms with Crippen LogP contribution in [0.3, 0.4) is 0 Å². The number of hydrogen-bond donors (Lipinski definition) is 0. The van der Waals surface area contributed by atoms with E-state index < -0.39 is 12.0 Å². The Bertz CT molecular complexity index is 1740. The Balaban J connectivity index is 1.28. The van der Waals surface area contributed by atoms with Crippen LogP contribution >= 0.6 is 23.2 Å². The molecule has 0 N–H and O–H groups in total. The Labute approximate surface area is 246 Å². The van der Waals surface area contributed by atoms with Gasteiger partial charge in [-0.25, -0.2) is 4.98 Å². The maximum absolute atomic E-state index is 13.8. The van der Waals surface area contributed by atoms with Gasteiger partial charge in [-0.15, -0.1) is 5.10 Å². The third-order valence-electron chi connectivity index (χ3n) is 7.21. The molecule has 0 radical (unpaired) electrons. The van der Waals surface area contributed by atoms with Crippen LogP contribution in [0, 0.1) is 0 Å². The molecule has 0 saturated carbocycles. The number of carbonyl (C=O) groups excluding carboxylic acids is 2. The normalized spacial score (nSPS) is 17.0. The van der Waals surface area contributed by atoms with Crippen molar-refractivity contribution in [1.29, 1.82) is 0 Å². The standard InChI is InChI=1S/C26H23Cl2F3N8O3/c1-3-42-20-10-15(32-25-33-24(26(29,30)31)35-39(20)25)11-36-6-7-38-21(23(36)41)16-12-37(13(2)8-19(16)34-38)22(40)14-4-5-17(27)18(28)9-14/h4-5,9-10,13H,3,6-8,11-12H2,1-2H3/t13-/m1/s1. The summed E-state index contributed by atoms with van der Waals surface area (Å²) in [6, 6.07) is 5.94. The largest absolute Gasteiger partial charge is 0.478 e. The second kappa shape index (κ2) is 10.4. The fraction of sp³-hybridized carbons (Fsp3) is 0.385. The maximum Gasteiger partial charge on any atom is 0.453 e. The van der Waals surface area contributed by atoms with Gasteiger partial charge in [-0.2, -0.15) is 27.8 Å². The van der Waals surface area contributed by atoms with Gasteiger partial charge in [0.05, 0.1) is 47.7 Å². The highest BCUT2D eigenvalue weighted by Crippen LogP contribution is 2.32. The third kappa shape index (κ3) is 4.91. The fourth-order valence-corrected chi connectivity index (χ4v) is 5.51. The van der Waals surface area contributed by atoms with E-state index in [1.165, 1.54) is 17.0 Å². The zero-order valence-corrected chi connectivity index (χ0v) is 23.8. The number of alkyl halides is 3. The molecule has 11 nitrogen and oxygen atoms in total. The smallest absolute Gasteiger partial charge is 0.453 e. The SMILES string of the molecule is CCOc1cc(CN2CCn3nc4c(c3C2=O)CN(C(=O)c2ccc(Cl)c(Cl)c2)[C@H](C)C4)nc2nc(C(F)(F)F)nn12. The van der Waals surface area contributed by atoms with Crippen molar-refractivity contribution in [2.75, 3.05) is 13.2 Å². The molecular weight excluding hydrogens is 600 g/mol. The van der Waals surface area contributed by atoms with E-state index in [-0.39, 0.29) is 59.9 Å². The average molecular weight is 623 g/mol. The number of amides is 2. The van der Waals surface area contributed by atoms with Gasteiger partial charge >= 0.3 is 6.18 Å². The Morgan fingerprint density at radius 1 is 1.12 bits per heavy atom. The van der Waals surface area contributed by atoms with Gasteiger partial charge in [0.15, 0.2) is 0 Å². The summed E-state index contributed by atoms with van der Waals surface area (Å²) < 4.78 is 47.8. The van der Waals surface area contributed by atoms with E-state index >= 15 is 0 Å². The molecule has 1 atom stereocenters. The molecule has 4 aromatic rings. The minimum Gasteiger partial charge on any atom is -0.478 e. The van der Waals surface area contributed by atoms with Crippen molar-refractivity contribution >= 4 is 40.8 Å². The van der Waals surface area contributed by atoms with Crippen molar-refractivity contribution in [3.63, 3.8) is 0 Å². The van der Waals surface area contributed by atoms with Gasteiger partial charge in [-0.3, -0.25) is 14.3 Å². The summed E-state index contributed by atoms with van der Waals surface area (Å²) in [5, 5.41) is 8.75. The highest BCUT2D eigenvalue weighted by molar-refractivity contribution is 6.42. The van der Waals surface area contributed by atoms with E-state index in [1.54, 1.807) is 28.6 Å². The summed E-state index contributed by atoms with van der Waals surface area (Å²) in [7, 11) is 0. The van der Waals surface area contributed by atoms with Crippen LogP contribution in [0.25, 0.3) is 5.78 Å². The van der Waals surface area contributed by atoms with Crippen molar-refractivity contribution in [2.24, 2.45) is 0 Å². The van der Waals surface area contributed by atoms with E-state index in [0.717, 1.165) is 10.2 Å². The lowest BCUT2D eigenvalue weighted by molar-refractivity contribution is -0.144. The number of fused-ring (bicyclic) bond motifs is 4. The molecule has 3 aromatic heterocycles. The predicted octanol–water partition coefficient (Wildman–Crippen LogP) is 4.29. The third-order valence-corrected chi connectivity index (χ3v) is 7.95. The van der Waals surface area contributed by atoms with Crippen LogP contribution in [0.1, 0.15) is 57.5 Å². The Hall–Kier alpha value is -3.91. The number of halogens is 5. The first kappa shape index (κ1) is 28.2. The summed E-state index contributed by atoms with van der Waals surface area (Å²) in [5.41, 5.74) is 2.42. The topological polar surface area (TPSA) is 111 Å². The first-order valence-electron chi connectivity index (χ1n) is 13.0. The van der Waals surface area contributed by atoms with Gasteiger partial charge in [-0.1, -0.05) is 23.2 Å². The van der Waals surface area contributed by atoms with Crippen molar-refractivity contribution in [1.82, 2.24) is 39.2 Å². The minimum absolute atomic E-state index is 0.00804. The lowest BCUT2D eigenvalue weighted by atomic mass is 9.97. The number of rotatable bonds is 5. The van der Waals surface area contributed by atoms with Gasteiger partial charge in [0.1, 0.15) is 5.69 Å². The van der Waals surface area contributed by atoms with E-state index in [0.29, 0.717) is 41.4 Å². The molecule has 5 heterocycles. The van der Waals surface area contributed by atoms with Gasteiger partial charge in [0.25, 0.3) is 23.4 Å². The molecule has 1 aromatic carbocycles. The highest BCUT2D eigenvalue weighted by Gasteiger charge is 2.39. The summed E-state index contributed by atoms with van der Waals surface area (Å²) in [6.07, 6.45) is -4.30. The number of benzene rings is 1. The maximum atomic E-state index is 13.8. The zero-order valence-electron chi connectivity index (χ0n) is 22.3. The molecule has 0 unspecified atom stereocenters. The first-order chi connectivity index (χ1) is 19.9. The summed E-state index contributed by atoms with van der Waals surface area (Å²) >= 11 is 12.2. The van der Waals surface area contributed by atoms with Gasteiger partial charge in [0, 0.05) is 36.2 Å². The van der Waals surface area contributed by atoms with E-state index in [1.807, 2.05) is 6.92 Å². The molecule has 16 heteroatoms. The van der Waals surface area contributed by atoms with Gasteiger partial charge < -0.3 is 14.5 Å². The number of nitrogens with zero attached hydrogens (tertiary/aromatic N) is 8. The van der Waals surface area contributed by atoms with Crippen LogP contribution in [0.2, 0.25) is 10.0 Å². The average Bonchev–Trinajstić information content (AvgIpc) is 3.53. The number of ether oxygens (including phenoxy) is 1. The lowest BCUT2D eigenvalue weighted by Gasteiger charge is -2.34. The molecule has 2 amide bonds. The molecule has 0 fully saturated rings. The van der Waals surface area contributed by atoms with E-state index in [2.05, 4.69) is 20.2 Å². The number of aromatic nitrogens is 6. The van der Waals surface area contributed by atoms with Gasteiger partial charge in [-0.05, 0) is 32.0 Å². The molecule has 0 saturated heterocycles. The Morgan fingerprint density at radius 2 is 1.90 bits per heavy atom. The summed E-state index contributed by atoms with van der Waals surface area (Å²) in [6.45, 7) is 4.62. The quantitative estimate of drug-likeness (QED) is 0.326. The highest BCUT2D eigenvalue weighted by atomic mass is 35.5. The van der Waals surface area contributed by atoms with E-state index in [4.69, 9.17) is 27.9 Å². The van der Waals surface area contributed by atoms with Gasteiger partial charge in [0.2, 0.25) is 5.88 Å². The van der Waals surface area contributed by atoms with Crippen LogP contribution in [0.15, 0.2) is 24.3 Å². The summed E-state index contributed by atoms with van der Waals surface area (Å²) in [4.78, 5) is 38.1. The van der Waals surface area contributed by atoms with Crippen molar-refractivity contribution in [3.8, 4) is 5.88 Å². The van der Waals surface area contributed by atoms with Crippen LogP contribution in [0.4, 0.5) is 13.2 Å². The summed E-state index contributed by atoms with van der Waals surface area (Å²) in [5.74, 6) is -2.19. The monoisotopic (exact) mass is 622 g/mol. The molecular formula is C26H23Cl2F3N8O3. The van der Waals surface area contributed by atoms with Crippen molar-refractivity contribution in [3.05, 3.63) is 68.3 Å². The molecule has 0 bridgehead atoms. The molecule has 42 heavy (non-hydrogen) atoms. The second-order valence-corrected chi connectivity index (χ2v) is 10.8. The Kier molecular flexibility index (Phi) is 7.00. The van der Waals surface area contributed by atoms with Crippen LogP contribution in [-0.2, 0) is 32.2 Å². The molecule has 220 valence electrons. The predicted molar refractivity (Wildman–Crippen MR) is 143 cm³/mol. The molecule has 2 aliphatic heterocycles. The van der Waals surface area contributed by atoms with Crippen LogP contribution < -0.4 is 4.74 Å². The number of carbonyl (C=O) groups is 2. The molecule has 0 aliphatic carbocycles. The Morgan fingerprint density at radius 3 is 2.62 bits per heavy atom. The molecule has 2 aliphatic rings. The fourth-order valence-electron chi connectivity index (χ4n) is 5.22. The van der Waals surface area contributed by atoms with Crippen molar-refractivity contribution < 1.29 is 27.5 Å². The zero-order chi connectivity index (χ0) is 29.9. The molecule has 6 rings (SSSR count). The number of hydrogen-bond acceptors (Lipinski definition) is 7. The molecule has 0 spiro atoms. The van der Waals surface area contributed by atoms with E-state index in [9.17, 15) is 22.8 Å². The van der Waals surface area contributed by atoms with Crippen LogP contribution in [-0.4, -0.2) is 70.2 Å². The van der Waals surface area contributed by atoms with Crippen LogP contribution in [0.5, 0.6) is 5.88 Å².